The Morgan fingerprint density at radius 1 is 1.05 bits per heavy atom. The minimum Gasteiger partial charge on any atom is -0.391 e. The molecule has 2 N–H and O–H groups in total. The third-order valence-electron chi connectivity index (χ3n) is 2.53. The standard InChI is InChI=1S/C12H10F3NO2S/c13-12(14,15)8-3-1-7(2-4-8)11-16-9(5-17)10(6-18)19-11/h1-4,17-18H,5-6H2. The van der Waals surface area contributed by atoms with Gasteiger partial charge in [0, 0.05) is 5.56 Å². The van der Waals surface area contributed by atoms with Crippen LogP contribution >= 0.6 is 11.3 Å². The highest BCUT2D eigenvalue weighted by molar-refractivity contribution is 7.15. The molecular weight excluding hydrogens is 279 g/mol. The summed E-state index contributed by atoms with van der Waals surface area (Å²) in [4.78, 5) is 4.60. The normalized spacial score (nSPS) is 11.8. The van der Waals surface area contributed by atoms with Crippen molar-refractivity contribution in [2.24, 2.45) is 0 Å². The quantitative estimate of drug-likeness (QED) is 0.913. The Balaban J connectivity index is 2.34. The number of aliphatic hydroxyl groups is 2. The fourth-order valence-corrected chi connectivity index (χ4v) is 2.49. The Hall–Kier alpha value is -1.44. The van der Waals surface area contributed by atoms with Gasteiger partial charge in [-0.3, -0.25) is 0 Å². The van der Waals surface area contributed by atoms with Gasteiger partial charge in [0.05, 0.1) is 29.3 Å². The summed E-state index contributed by atoms with van der Waals surface area (Å²) >= 11 is 1.15. The van der Waals surface area contributed by atoms with Gasteiger partial charge >= 0.3 is 6.18 Å². The van der Waals surface area contributed by atoms with Crippen molar-refractivity contribution in [1.29, 1.82) is 0 Å². The Bertz CT molecular complexity index is 542. The number of nitrogens with zero attached hydrogens (tertiary/aromatic N) is 1. The first kappa shape index (κ1) is 14.0. The molecular formula is C12H10F3NO2S. The van der Waals surface area contributed by atoms with Crippen LogP contribution in [0.3, 0.4) is 0 Å². The third-order valence-corrected chi connectivity index (χ3v) is 3.66. The zero-order valence-corrected chi connectivity index (χ0v) is 10.4. The lowest BCUT2D eigenvalue weighted by Crippen LogP contribution is -2.03. The van der Waals surface area contributed by atoms with Crippen LogP contribution in [-0.2, 0) is 19.4 Å². The molecule has 2 aromatic rings. The summed E-state index contributed by atoms with van der Waals surface area (Å²) in [6.45, 7) is -0.568. The van der Waals surface area contributed by atoms with E-state index in [1.54, 1.807) is 0 Å². The molecule has 0 atom stereocenters. The van der Waals surface area contributed by atoms with Crippen LogP contribution in [0.2, 0.25) is 0 Å². The second kappa shape index (κ2) is 5.28. The predicted molar refractivity (Wildman–Crippen MR) is 64.4 cm³/mol. The third kappa shape index (κ3) is 2.94. The molecule has 0 saturated heterocycles. The number of halogens is 3. The van der Waals surface area contributed by atoms with Gasteiger partial charge in [-0.1, -0.05) is 12.1 Å². The summed E-state index contributed by atoms with van der Waals surface area (Å²) in [6, 6.07) is 4.61. The average molecular weight is 289 g/mol. The van der Waals surface area contributed by atoms with Gasteiger partial charge < -0.3 is 10.2 Å². The number of aromatic nitrogens is 1. The van der Waals surface area contributed by atoms with Crippen LogP contribution in [0, 0.1) is 0 Å². The van der Waals surface area contributed by atoms with Gasteiger partial charge in [0.25, 0.3) is 0 Å². The van der Waals surface area contributed by atoms with Gasteiger partial charge in [-0.15, -0.1) is 11.3 Å². The van der Waals surface area contributed by atoms with Crippen molar-refractivity contribution in [3.8, 4) is 10.6 Å². The van der Waals surface area contributed by atoms with Gasteiger partial charge in [-0.2, -0.15) is 13.2 Å². The summed E-state index contributed by atoms with van der Waals surface area (Å²) in [6.07, 6.45) is -4.37. The van der Waals surface area contributed by atoms with Gasteiger partial charge in [-0.05, 0) is 12.1 Å². The number of rotatable bonds is 3. The molecule has 0 bridgehead atoms. The first-order valence-corrected chi connectivity index (χ1v) is 6.15. The second-order valence-electron chi connectivity index (χ2n) is 3.78. The Labute approximate surface area is 111 Å². The van der Waals surface area contributed by atoms with Crippen LogP contribution in [0.4, 0.5) is 13.2 Å². The first-order chi connectivity index (χ1) is 8.95. The summed E-state index contributed by atoms with van der Waals surface area (Å²) in [5.41, 5.74) is 0.146. The maximum atomic E-state index is 12.4. The van der Waals surface area contributed by atoms with Crippen LogP contribution in [0.5, 0.6) is 0 Å². The van der Waals surface area contributed by atoms with Crippen molar-refractivity contribution in [1.82, 2.24) is 4.98 Å². The van der Waals surface area contributed by atoms with Crippen molar-refractivity contribution in [3.05, 3.63) is 40.4 Å². The molecule has 0 aliphatic heterocycles. The summed E-state index contributed by atoms with van der Waals surface area (Å²) in [7, 11) is 0. The highest BCUT2D eigenvalue weighted by Gasteiger charge is 2.30. The predicted octanol–water partition coefficient (Wildman–Crippen LogP) is 2.81. The molecule has 0 unspecified atom stereocenters. The number of hydrogen-bond acceptors (Lipinski definition) is 4. The van der Waals surface area contributed by atoms with Crippen LogP contribution in [0.15, 0.2) is 24.3 Å². The number of thiazole rings is 1. The zero-order chi connectivity index (χ0) is 14.0. The molecule has 0 amide bonds. The lowest BCUT2D eigenvalue weighted by Gasteiger charge is -2.06. The molecule has 0 aliphatic rings. The fraction of sp³-hybridized carbons (Fsp3) is 0.250. The van der Waals surface area contributed by atoms with E-state index in [4.69, 9.17) is 10.2 Å². The molecule has 7 heteroatoms. The van der Waals surface area contributed by atoms with Gasteiger partial charge in [-0.25, -0.2) is 4.98 Å². The lowest BCUT2D eigenvalue weighted by molar-refractivity contribution is -0.137. The minimum atomic E-state index is -4.37. The van der Waals surface area contributed by atoms with Crippen molar-refractivity contribution in [2.45, 2.75) is 19.4 Å². The summed E-state index contributed by atoms with van der Waals surface area (Å²) < 4.78 is 37.3. The number of aliphatic hydroxyl groups excluding tert-OH is 2. The molecule has 2 rings (SSSR count). The largest absolute Gasteiger partial charge is 0.416 e. The molecule has 19 heavy (non-hydrogen) atoms. The summed E-state index contributed by atoms with van der Waals surface area (Å²) in [5.74, 6) is 0. The Morgan fingerprint density at radius 2 is 1.68 bits per heavy atom. The molecule has 1 aromatic carbocycles. The average Bonchev–Trinajstić information content (AvgIpc) is 2.81. The fourth-order valence-electron chi connectivity index (χ4n) is 1.56. The van der Waals surface area contributed by atoms with E-state index in [0.29, 0.717) is 21.1 Å². The molecule has 102 valence electrons. The first-order valence-electron chi connectivity index (χ1n) is 5.33. The monoisotopic (exact) mass is 289 g/mol. The van der Waals surface area contributed by atoms with E-state index in [1.165, 1.54) is 12.1 Å². The maximum absolute atomic E-state index is 12.4. The minimum absolute atomic E-state index is 0.256. The van der Waals surface area contributed by atoms with Crippen molar-refractivity contribution in [2.75, 3.05) is 0 Å². The Morgan fingerprint density at radius 3 is 2.11 bits per heavy atom. The molecule has 1 heterocycles. The topological polar surface area (TPSA) is 53.4 Å². The molecule has 0 spiro atoms. The summed E-state index contributed by atoms with van der Waals surface area (Å²) in [5, 5.41) is 18.6. The van der Waals surface area contributed by atoms with E-state index in [2.05, 4.69) is 4.98 Å². The van der Waals surface area contributed by atoms with E-state index in [0.717, 1.165) is 23.5 Å². The maximum Gasteiger partial charge on any atom is 0.416 e. The zero-order valence-electron chi connectivity index (χ0n) is 9.61. The highest BCUT2D eigenvalue weighted by atomic mass is 32.1. The van der Waals surface area contributed by atoms with E-state index >= 15 is 0 Å². The van der Waals surface area contributed by atoms with Crippen LogP contribution in [0.25, 0.3) is 10.6 Å². The van der Waals surface area contributed by atoms with Gasteiger partial charge in [0.1, 0.15) is 5.01 Å². The molecule has 0 saturated carbocycles. The van der Waals surface area contributed by atoms with E-state index < -0.39 is 11.7 Å². The van der Waals surface area contributed by atoms with Crippen molar-refractivity contribution < 1.29 is 23.4 Å². The SMILES string of the molecule is OCc1nc(-c2ccc(C(F)(F)F)cc2)sc1CO. The van der Waals surface area contributed by atoms with Crippen molar-refractivity contribution >= 4 is 11.3 Å². The number of hydrogen-bond donors (Lipinski definition) is 2. The van der Waals surface area contributed by atoms with Crippen molar-refractivity contribution in [3.63, 3.8) is 0 Å². The van der Waals surface area contributed by atoms with Crippen LogP contribution < -0.4 is 0 Å². The smallest absolute Gasteiger partial charge is 0.391 e. The van der Waals surface area contributed by atoms with Gasteiger partial charge in [0.2, 0.25) is 0 Å². The number of benzene rings is 1. The Kier molecular flexibility index (Phi) is 3.88. The van der Waals surface area contributed by atoms with E-state index in [9.17, 15) is 13.2 Å². The molecule has 0 fully saturated rings. The molecule has 3 nitrogen and oxygen atoms in total. The number of alkyl halides is 3. The molecule has 0 radical (unpaired) electrons. The van der Waals surface area contributed by atoms with Crippen LogP contribution in [-0.4, -0.2) is 15.2 Å². The van der Waals surface area contributed by atoms with E-state index in [-0.39, 0.29) is 13.2 Å². The lowest BCUT2D eigenvalue weighted by atomic mass is 10.1. The van der Waals surface area contributed by atoms with Gasteiger partial charge in [0.15, 0.2) is 0 Å². The second-order valence-corrected chi connectivity index (χ2v) is 4.86. The highest BCUT2D eigenvalue weighted by Crippen LogP contribution is 2.33. The molecule has 1 aromatic heterocycles. The molecule has 0 aliphatic carbocycles. The van der Waals surface area contributed by atoms with E-state index in [1.807, 2.05) is 0 Å². The van der Waals surface area contributed by atoms with Crippen LogP contribution in [0.1, 0.15) is 16.1 Å².